The van der Waals surface area contributed by atoms with Gasteiger partial charge in [-0.3, -0.25) is 4.72 Å². The van der Waals surface area contributed by atoms with Crippen LogP contribution in [0, 0.1) is 13.8 Å². The highest BCUT2D eigenvalue weighted by Gasteiger charge is 2.17. The molecule has 1 N–H and O–H groups in total. The maximum Gasteiger partial charge on any atom is 0.316 e. The molecular formula is C15H19N3O3S. The van der Waals surface area contributed by atoms with E-state index in [-0.39, 0.29) is 11.8 Å². The maximum atomic E-state index is 12.3. The largest absolute Gasteiger partial charge is 0.464 e. The molecule has 0 radical (unpaired) electrons. The molecule has 0 aliphatic carbocycles. The van der Waals surface area contributed by atoms with Crippen molar-refractivity contribution in [1.29, 1.82) is 0 Å². The first kappa shape index (κ1) is 16.2. The molecule has 0 fully saturated rings. The van der Waals surface area contributed by atoms with E-state index in [0.717, 1.165) is 5.56 Å². The molecule has 0 unspecified atom stereocenters. The lowest BCUT2D eigenvalue weighted by Crippen LogP contribution is -2.18. The second kappa shape index (κ2) is 6.74. The second-order valence-electron chi connectivity index (χ2n) is 4.83. The number of aromatic nitrogens is 2. The SMILES string of the molecule is CCOc1nc(C)c(NS(=O)(=O)Cc2ccccc2)c(C)n1. The summed E-state index contributed by atoms with van der Waals surface area (Å²) in [5.74, 6) is -0.0973. The summed E-state index contributed by atoms with van der Waals surface area (Å²) < 4.78 is 32.4. The van der Waals surface area contributed by atoms with Crippen molar-refractivity contribution in [3.8, 4) is 6.01 Å². The normalized spacial score (nSPS) is 11.2. The van der Waals surface area contributed by atoms with Crippen molar-refractivity contribution in [2.24, 2.45) is 0 Å². The highest BCUT2D eigenvalue weighted by Crippen LogP contribution is 2.21. The van der Waals surface area contributed by atoms with Crippen LogP contribution in [-0.2, 0) is 15.8 Å². The van der Waals surface area contributed by atoms with Gasteiger partial charge in [-0.1, -0.05) is 30.3 Å². The van der Waals surface area contributed by atoms with Gasteiger partial charge in [-0.15, -0.1) is 0 Å². The Morgan fingerprint density at radius 2 is 1.68 bits per heavy atom. The molecule has 2 rings (SSSR count). The van der Waals surface area contributed by atoms with Crippen LogP contribution in [0.25, 0.3) is 0 Å². The third kappa shape index (κ3) is 4.17. The van der Waals surface area contributed by atoms with Gasteiger partial charge in [0.25, 0.3) is 0 Å². The predicted octanol–water partition coefficient (Wildman–Crippen LogP) is 2.43. The molecule has 22 heavy (non-hydrogen) atoms. The van der Waals surface area contributed by atoms with E-state index < -0.39 is 10.0 Å². The molecule has 2 aromatic rings. The van der Waals surface area contributed by atoms with E-state index in [9.17, 15) is 8.42 Å². The summed E-state index contributed by atoms with van der Waals surface area (Å²) in [4.78, 5) is 8.31. The Kier molecular flexibility index (Phi) is 4.97. The Labute approximate surface area is 130 Å². The third-order valence-electron chi connectivity index (χ3n) is 2.98. The summed E-state index contributed by atoms with van der Waals surface area (Å²) in [5.41, 5.74) is 2.19. The van der Waals surface area contributed by atoms with Gasteiger partial charge in [-0.2, -0.15) is 9.97 Å². The molecule has 0 aliphatic heterocycles. The fourth-order valence-electron chi connectivity index (χ4n) is 2.01. The fourth-order valence-corrected chi connectivity index (χ4v) is 3.32. The fraction of sp³-hybridized carbons (Fsp3) is 0.333. The van der Waals surface area contributed by atoms with Gasteiger partial charge in [0.05, 0.1) is 29.4 Å². The topological polar surface area (TPSA) is 81.2 Å². The molecule has 6 nitrogen and oxygen atoms in total. The standard InChI is InChI=1S/C15H19N3O3S/c1-4-21-15-16-11(2)14(12(3)17-15)18-22(19,20)10-13-8-6-5-7-9-13/h5-9,18H,4,10H2,1-3H3. The number of anilines is 1. The Balaban J connectivity index is 2.22. The first-order chi connectivity index (χ1) is 10.4. The van der Waals surface area contributed by atoms with E-state index in [0.29, 0.717) is 23.7 Å². The van der Waals surface area contributed by atoms with Gasteiger partial charge in [0.2, 0.25) is 10.0 Å². The minimum absolute atomic E-state index is 0.0973. The van der Waals surface area contributed by atoms with Gasteiger partial charge in [-0.05, 0) is 26.3 Å². The zero-order valence-electron chi connectivity index (χ0n) is 12.8. The van der Waals surface area contributed by atoms with Crippen LogP contribution in [0.4, 0.5) is 5.69 Å². The van der Waals surface area contributed by atoms with E-state index in [4.69, 9.17) is 4.74 Å². The molecule has 1 aromatic heterocycles. The van der Waals surface area contributed by atoms with Crippen LogP contribution in [0.15, 0.2) is 30.3 Å². The molecule has 0 saturated carbocycles. The van der Waals surface area contributed by atoms with Gasteiger partial charge < -0.3 is 4.74 Å². The average molecular weight is 321 g/mol. The molecule has 0 saturated heterocycles. The molecule has 0 amide bonds. The molecule has 118 valence electrons. The Morgan fingerprint density at radius 1 is 1.09 bits per heavy atom. The van der Waals surface area contributed by atoms with Crippen LogP contribution in [0.3, 0.4) is 0 Å². The predicted molar refractivity (Wildman–Crippen MR) is 85.4 cm³/mol. The van der Waals surface area contributed by atoms with Gasteiger partial charge in [-0.25, -0.2) is 8.42 Å². The number of nitrogens with zero attached hydrogens (tertiary/aromatic N) is 2. The van der Waals surface area contributed by atoms with E-state index in [1.165, 1.54) is 0 Å². The van der Waals surface area contributed by atoms with E-state index >= 15 is 0 Å². The van der Waals surface area contributed by atoms with Crippen LogP contribution in [0.2, 0.25) is 0 Å². The van der Waals surface area contributed by atoms with Gasteiger partial charge in [0.15, 0.2) is 0 Å². The van der Waals surface area contributed by atoms with Crippen molar-refractivity contribution in [3.05, 3.63) is 47.3 Å². The summed E-state index contributed by atoms with van der Waals surface area (Å²) in [7, 11) is -3.53. The zero-order chi connectivity index (χ0) is 16.2. The average Bonchev–Trinajstić information content (AvgIpc) is 2.44. The lowest BCUT2D eigenvalue weighted by atomic mass is 10.2. The van der Waals surface area contributed by atoms with Gasteiger partial charge in [0, 0.05) is 0 Å². The van der Waals surface area contributed by atoms with Crippen molar-refractivity contribution in [2.75, 3.05) is 11.3 Å². The number of hydrogen-bond acceptors (Lipinski definition) is 5. The number of ether oxygens (including phenoxy) is 1. The molecule has 1 heterocycles. The first-order valence-corrected chi connectivity index (χ1v) is 8.59. The Bertz CT molecular complexity index is 723. The van der Waals surface area contributed by atoms with Crippen molar-refractivity contribution < 1.29 is 13.2 Å². The Hall–Kier alpha value is -2.15. The molecule has 0 bridgehead atoms. The third-order valence-corrected chi connectivity index (χ3v) is 4.21. The molecule has 1 aromatic carbocycles. The quantitative estimate of drug-likeness (QED) is 0.883. The summed E-state index contributed by atoms with van der Waals surface area (Å²) in [6.07, 6.45) is 0. The summed E-state index contributed by atoms with van der Waals surface area (Å²) >= 11 is 0. The van der Waals surface area contributed by atoms with Crippen LogP contribution >= 0.6 is 0 Å². The Morgan fingerprint density at radius 3 is 2.23 bits per heavy atom. The van der Waals surface area contributed by atoms with E-state index in [1.807, 2.05) is 13.0 Å². The minimum Gasteiger partial charge on any atom is -0.464 e. The van der Waals surface area contributed by atoms with Crippen molar-refractivity contribution >= 4 is 15.7 Å². The highest BCUT2D eigenvalue weighted by molar-refractivity contribution is 7.91. The molecule has 0 spiro atoms. The molecule has 7 heteroatoms. The number of rotatable bonds is 6. The highest BCUT2D eigenvalue weighted by atomic mass is 32.2. The van der Waals surface area contributed by atoms with Crippen molar-refractivity contribution in [2.45, 2.75) is 26.5 Å². The molecule has 0 aliphatic rings. The lowest BCUT2D eigenvalue weighted by molar-refractivity contribution is 0.311. The molecule has 0 atom stereocenters. The number of benzene rings is 1. The number of aryl methyl sites for hydroxylation is 2. The second-order valence-corrected chi connectivity index (χ2v) is 6.55. The van der Waals surface area contributed by atoms with Crippen LogP contribution in [0.1, 0.15) is 23.9 Å². The van der Waals surface area contributed by atoms with Crippen LogP contribution in [0.5, 0.6) is 6.01 Å². The molecular weight excluding hydrogens is 302 g/mol. The van der Waals surface area contributed by atoms with Gasteiger partial charge in [0.1, 0.15) is 0 Å². The zero-order valence-corrected chi connectivity index (χ0v) is 13.6. The minimum atomic E-state index is -3.53. The van der Waals surface area contributed by atoms with E-state index in [1.54, 1.807) is 38.1 Å². The number of sulfonamides is 1. The smallest absolute Gasteiger partial charge is 0.316 e. The lowest BCUT2D eigenvalue weighted by Gasteiger charge is -2.13. The van der Waals surface area contributed by atoms with Crippen molar-refractivity contribution in [1.82, 2.24) is 9.97 Å². The van der Waals surface area contributed by atoms with Crippen LogP contribution < -0.4 is 9.46 Å². The number of nitrogens with one attached hydrogen (secondary N) is 1. The summed E-state index contributed by atoms with van der Waals surface area (Å²) in [6, 6.07) is 9.26. The summed E-state index contributed by atoms with van der Waals surface area (Å²) in [6.45, 7) is 5.73. The summed E-state index contributed by atoms with van der Waals surface area (Å²) in [5, 5.41) is 0. The van der Waals surface area contributed by atoms with Gasteiger partial charge >= 0.3 is 6.01 Å². The number of hydrogen-bond donors (Lipinski definition) is 1. The van der Waals surface area contributed by atoms with E-state index in [2.05, 4.69) is 14.7 Å². The first-order valence-electron chi connectivity index (χ1n) is 6.93. The van der Waals surface area contributed by atoms with Crippen LogP contribution in [-0.4, -0.2) is 25.0 Å². The van der Waals surface area contributed by atoms with Crippen molar-refractivity contribution in [3.63, 3.8) is 0 Å². The monoisotopic (exact) mass is 321 g/mol. The maximum absolute atomic E-state index is 12.3.